The Morgan fingerprint density at radius 3 is 2.64 bits per heavy atom. The maximum Gasteiger partial charge on any atom is 0.258 e. The Labute approximate surface area is 152 Å². The predicted octanol–water partition coefficient (Wildman–Crippen LogP) is 3.52. The first-order valence-electron chi connectivity index (χ1n) is 8.46. The number of pyridine rings is 1. The van der Waals surface area contributed by atoms with Crippen LogP contribution in [0.1, 0.15) is 57.1 Å². The Bertz CT molecular complexity index is 894. The van der Waals surface area contributed by atoms with Crippen LogP contribution in [-0.2, 0) is 5.54 Å². The third-order valence-corrected chi connectivity index (χ3v) is 4.78. The molecule has 0 radical (unpaired) electrons. The summed E-state index contributed by atoms with van der Waals surface area (Å²) in [5.41, 5.74) is 8.58. The van der Waals surface area contributed by atoms with Crippen LogP contribution in [0.2, 0.25) is 0 Å². The van der Waals surface area contributed by atoms with Crippen molar-refractivity contribution in [3.63, 3.8) is 0 Å². The van der Waals surface area contributed by atoms with Crippen molar-refractivity contribution < 1.29 is 4.52 Å². The average molecular weight is 363 g/mol. The molecule has 4 rings (SSSR count). The van der Waals surface area contributed by atoms with E-state index in [0.29, 0.717) is 11.7 Å². The average Bonchev–Trinajstić information content (AvgIpc) is 3.24. The molecule has 0 amide bonds. The van der Waals surface area contributed by atoms with Gasteiger partial charge >= 0.3 is 0 Å². The molecule has 0 aromatic carbocycles. The van der Waals surface area contributed by atoms with Crippen molar-refractivity contribution in [2.75, 3.05) is 0 Å². The summed E-state index contributed by atoms with van der Waals surface area (Å²) >= 11 is 0. The van der Waals surface area contributed by atoms with Gasteiger partial charge in [-0.1, -0.05) is 18.0 Å². The molecular formula is C17H23ClN6O. The molecule has 2 N–H and O–H groups in total. The largest absolute Gasteiger partial charge is 0.334 e. The first-order valence-corrected chi connectivity index (χ1v) is 8.46. The molecule has 1 aliphatic rings. The molecule has 0 aliphatic heterocycles. The normalized spacial score (nSPS) is 16.5. The highest BCUT2D eigenvalue weighted by Gasteiger charge is 2.36. The molecule has 0 spiro atoms. The molecule has 1 saturated carbocycles. The summed E-state index contributed by atoms with van der Waals surface area (Å²) in [6.07, 6.45) is 5.85. The molecule has 7 nitrogen and oxygen atoms in total. The number of rotatable bonds is 3. The first-order chi connectivity index (χ1) is 11.5. The van der Waals surface area contributed by atoms with Crippen molar-refractivity contribution in [2.45, 2.75) is 58.0 Å². The van der Waals surface area contributed by atoms with E-state index >= 15 is 0 Å². The summed E-state index contributed by atoms with van der Waals surface area (Å²) < 4.78 is 7.46. The fourth-order valence-electron chi connectivity index (χ4n) is 3.46. The molecule has 1 fully saturated rings. The highest BCUT2D eigenvalue weighted by molar-refractivity contribution is 5.90. The number of aryl methyl sites for hydroxylation is 1. The molecule has 134 valence electrons. The Morgan fingerprint density at radius 1 is 1.24 bits per heavy atom. The van der Waals surface area contributed by atoms with E-state index in [9.17, 15) is 0 Å². The SMILES string of the molecule is Cc1cc(-c2nc(C3(N)CCCC3)no2)c2cnn(C(C)C)c2n1.Cl. The summed E-state index contributed by atoms with van der Waals surface area (Å²) in [5, 5.41) is 9.54. The Hall–Kier alpha value is -1.99. The lowest BCUT2D eigenvalue weighted by Gasteiger charge is -2.17. The monoisotopic (exact) mass is 362 g/mol. The van der Waals surface area contributed by atoms with Gasteiger partial charge in [-0.05, 0) is 39.7 Å². The van der Waals surface area contributed by atoms with E-state index in [1.807, 2.05) is 23.9 Å². The van der Waals surface area contributed by atoms with Crippen molar-refractivity contribution in [1.82, 2.24) is 24.9 Å². The van der Waals surface area contributed by atoms with E-state index in [2.05, 4.69) is 34.1 Å². The van der Waals surface area contributed by atoms with Crippen LogP contribution in [0, 0.1) is 6.92 Å². The zero-order valence-corrected chi connectivity index (χ0v) is 15.5. The third-order valence-electron chi connectivity index (χ3n) is 4.78. The zero-order chi connectivity index (χ0) is 16.9. The van der Waals surface area contributed by atoms with Crippen molar-refractivity contribution in [1.29, 1.82) is 0 Å². The van der Waals surface area contributed by atoms with Gasteiger partial charge < -0.3 is 10.3 Å². The van der Waals surface area contributed by atoms with Gasteiger partial charge in [0.15, 0.2) is 11.5 Å². The van der Waals surface area contributed by atoms with E-state index in [0.717, 1.165) is 48.0 Å². The van der Waals surface area contributed by atoms with E-state index < -0.39 is 5.54 Å². The standard InChI is InChI=1S/C17H22N6O.ClH/c1-10(2)23-14-13(9-19-23)12(8-11(3)20-14)15-21-16(22-24-15)17(18)6-4-5-7-17;/h8-10H,4-7,18H2,1-3H3;1H. The Balaban J connectivity index is 0.00000182. The van der Waals surface area contributed by atoms with Gasteiger partial charge in [0, 0.05) is 11.7 Å². The van der Waals surface area contributed by atoms with Gasteiger partial charge in [0.05, 0.1) is 22.7 Å². The highest BCUT2D eigenvalue weighted by atomic mass is 35.5. The minimum absolute atomic E-state index is 0. The van der Waals surface area contributed by atoms with Crippen molar-refractivity contribution in [3.8, 4) is 11.5 Å². The second-order valence-corrected chi connectivity index (χ2v) is 7.02. The molecule has 0 bridgehead atoms. The van der Waals surface area contributed by atoms with Crippen LogP contribution in [-0.4, -0.2) is 24.9 Å². The third kappa shape index (κ3) is 2.91. The zero-order valence-electron chi connectivity index (χ0n) is 14.7. The maximum atomic E-state index is 6.44. The molecule has 3 aromatic rings. The fraction of sp³-hybridized carbons (Fsp3) is 0.529. The summed E-state index contributed by atoms with van der Waals surface area (Å²) in [6.45, 7) is 6.12. The van der Waals surface area contributed by atoms with Crippen LogP contribution in [0.15, 0.2) is 16.8 Å². The van der Waals surface area contributed by atoms with Crippen LogP contribution in [0.25, 0.3) is 22.5 Å². The van der Waals surface area contributed by atoms with Gasteiger partial charge in [0.2, 0.25) is 0 Å². The summed E-state index contributed by atoms with van der Waals surface area (Å²) in [4.78, 5) is 9.24. The first kappa shape index (κ1) is 17.8. The molecule has 8 heteroatoms. The van der Waals surface area contributed by atoms with Crippen molar-refractivity contribution in [2.24, 2.45) is 5.73 Å². The minimum atomic E-state index is -0.453. The molecule has 25 heavy (non-hydrogen) atoms. The van der Waals surface area contributed by atoms with E-state index in [4.69, 9.17) is 10.3 Å². The minimum Gasteiger partial charge on any atom is -0.334 e. The van der Waals surface area contributed by atoms with Gasteiger partial charge in [-0.2, -0.15) is 10.1 Å². The van der Waals surface area contributed by atoms with Crippen LogP contribution in [0.3, 0.4) is 0 Å². The molecule has 1 aliphatic carbocycles. The van der Waals surface area contributed by atoms with Crippen LogP contribution < -0.4 is 5.73 Å². The molecule has 3 heterocycles. The quantitative estimate of drug-likeness (QED) is 0.765. The van der Waals surface area contributed by atoms with Crippen LogP contribution in [0.5, 0.6) is 0 Å². The van der Waals surface area contributed by atoms with Crippen LogP contribution in [0.4, 0.5) is 0 Å². The van der Waals surface area contributed by atoms with E-state index in [1.54, 1.807) is 0 Å². The number of nitrogens with zero attached hydrogens (tertiary/aromatic N) is 5. The topological polar surface area (TPSA) is 95.6 Å². The van der Waals surface area contributed by atoms with Crippen molar-refractivity contribution >= 4 is 23.4 Å². The number of fused-ring (bicyclic) bond motifs is 1. The van der Waals surface area contributed by atoms with Crippen molar-refractivity contribution in [3.05, 3.63) is 23.8 Å². The number of aromatic nitrogens is 5. The number of hydrogen-bond acceptors (Lipinski definition) is 6. The van der Waals surface area contributed by atoms with Gasteiger partial charge in [-0.3, -0.25) is 0 Å². The second kappa shape index (κ2) is 6.38. The number of halogens is 1. The Kier molecular flexibility index (Phi) is 4.55. The lowest BCUT2D eigenvalue weighted by atomic mass is 9.98. The fourth-order valence-corrected chi connectivity index (χ4v) is 3.46. The molecule has 0 atom stereocenters. The van der Waals surface area contributed by atoms with E-state index in [1.165, 1.54) is 0 Å². The predicted molar refractivity (Wildman–Crippen MR) is 97.5 cm³/mol. The smallest absolute Gasteiger partial charge is 0.258 e. The van der Waals surface area contributed by atoms with Gasteiger partial charge in [0.25, 0.3) is 5.89 Å². The highest BCUT2D eigenvalue weighted by Crippen LogP contribution is 2.36. The molecule has 3 aromatic heterocycles. The van der Waals surface area contributed by atoms with Gasteiger partial charge in [-0.25, -0.2) is 9.67 Å². The lowest BCUT2D eigenvalue weighted by Crippen LogP contribution is -2.34. The lowest BCUT2D eigenvalue weighted by molar-refractivity contribution is 0.373. The van der Waals surface area contributed by atoms with Gasteiger partial charge in [0.1, 0.15) is 0 Å². The van der Waals surface area contributed by atoms with Gasteiger partial charge in [-0.15, -0.1) is 12.4 Å². The Morgan fingerprint density at radius 2 is 1.96 bits per heavy atom. The summed E-state index contributed by atoms with van der Waals surface area (Å²) in [7, 11) is 0. The van der Waals surface area contributed by atoms with E-state index in [-0.39, 0.29) is 18.4 Å². The molecule has 0 unspecified atom stereocenters. The number of hydrogen-bond donors (Lipinski definition) is 1. The van der Waals surface area contributed by atoms with Crippen LogP contribution >= 0.6 is 12.4 Å². The molecule has 0 saturated heterocycles. The maximum absolute atomic E-state index is 6.44. The summed E-state index contributed by atoms with van der Waals surface area (Å²) in [5.74, 6) is 1.09. The summed E-state index contributed by atoms with van der Waals surface area (Å²) in [6, 6.07) is 2.19. The second-order valence-electron chi connectivity index (χ2n) is 7.02. The number of nitrogens with two attached hydrogens (primary N) is 1. The molecular weight excluding hydrogens is 340 g/mol.